The van der Waals surface area contributed by atoms with E-state index in [1.54, 1.807) is 11.3 Å². The number of fused-ring (bicyclic) bond motifs is 2. The van der Waals surface area contributed by atoms with Gasteiger partial charge in [-0.2, -0.15) is 0 Å². The number of hydrogen-bond donors (Lipinski definition) is 1. The Morgan fingerprint density at radius 3 is 2.00 bits per heavy atom. The normalized spacial score (nSPS) is 11.4. The van der Waals surface area contributed by atoms with Crippen molar-refractivity contribution in [1.82, 2.24) is 19.5 Å². The second-order valence-corrected chi connectivity index (χ2v) is 8.63. The smallest absolute Gasteiger partial charge is 0.136 e. The van der Waals surface area contributed by atoms with Gasteiger partial charge in [0.2, 0.25) is 0 Å². The lowest BCUT2D eigenvalue weighted by Gasteiger charge is -2.11. The minimum atomic E-state index is -0.0938. The molecule has 0 bridgehead atoms. The minimum absolute atomic E-state index is 0.0938. The molecule has 0 unspecified atom stereocenters. The molecule has 0 aliphatic carbocycles. The van der Waals surface area contributed by atoms with Gasteiger partial charge in [0.25, 0.3) is 0 Å². The molecule has 33 heavy (non-hydrogen) atoms. The first-order valence-electron chi connectivity index (χ1n) is 10.7. The molecule has 0 radical (unpaired) electrons. The summed E-state index contributed by atoms with van der Waals surface area (Å²) in [5.74, 6) is 0.667. The van der Waals surface area contributed by atoms with Gasteiger partial charge in [0.05, 0.1) is 22.4 Å². The fraction of sp³-hybridized carbons (Fsp3) is 0.0741. The number of aliphatic hydroxyl groups is 1. The van der Waals surface area contributed by atoms with Crippen LogP contribution in [-0.2, 0) is 13.2 Å². The molecule has 0 saturated heterocycles. The van der Waals surface area contributed by atoms with E-state index in [-0.39, 0.29) is 6.61 Å². The van der Waals surface area contributed by atoms with Gasteiger partial charge in [0, 0.05) is 28.4 Å². The van der Waals surface area contributed by atoms with Gasteiger partial charge in [0.1, 0.15) is 23.5 Å². The lowest BCUT2D eigenvalue weighted by molar-refractivity contribution is 0.267. The summed E-state index contributed by atoms with van der Waals surface area (Å²) in [6, 6.07) is 26.6. The highest BCUT2D eigenvalue weighted by Gasteiger charge is 2.14. The summed E-state index contributed by atoms with van der Waals surface area (Å²) >= 11 is 1.62. The maximum atomic E-state index is 9.80. The standard InChI is InChI=1S/C27H20N4OS/c32-15-25-28-21-8-4-5-9-24(21)31(25)14-18-10-12-20(13-11-18)27-26(19-6-2-1-3-7-19)29-22-16-33-17-23(22)30-27/h1-13,16-17,32H,14-15H2. The van der Waals surface area contributed by atoms with E-state index in [0.717, 1.165) is 50.1 Å². The number of hydrogen-bond acceptors (Lipinski definition) is 5. The molecule has 0 aliphatic rings. The third-order valence-electron chi connectivity index (χ3n) is 5.80. The second-order valence-electron chi connectivity index (χ2n) is 7.89. The van der Waals surface area contributed by atoms with E-state index in [0.29, 0.717) is 12.4 Å². The third-order valence-corrected chi connectivity index (χ3v) is 6.52. The average molecular weight is 449 g/mol. The average Bonchev–Trinajstić information content (AvgIpc) is 3.48. The third kappa shape index (κ3) is 3.59. The zero-order valence-corrected chi connectivity index (χ0v) is 18.5. The number of benzene rings is 3. The Morgan fingerprint density at radius 1 is 0.667 bits per heavy atom. The van der Waals surface area contributed by atoms with Crippen molar-refractivity contribution in [3.8, 4) is 22.5 Å². The largest absolute Gasteiger partial charge is 0.388 e. The van der Waals surface area contributed by atoms with Gasteiger partial charge in [-0.05, 0) is 17.7 Å². The van der Waals surface area contributed by atoms with Crippen LogP contribution in [0.3, 0.4) is 0 Å². The topological polar surface area (TPSA) is 63.8 Å². The van der Waals surface area contributed by atoms with Crippen molar-refractivity contribution >= 4 is 33.4 Å². The minimum Gasteiger partial charge on any atom is -0.388 e. The zero-order chi connectivity index (χ0) is 22.2. The lowest BCUT2D eigenvalue weighted by atomic mass is 10.0. The molecular formula is C27H20N4OS. The molecule has 6 aromatic rings. The van der Waals surface area contributed by atoms with Crippen molar-refractivity contribution < 1.29 is 5.11 Å². The number of aliphatic hydroxyl groups excluding tert-OH is 1. The van der Waals surface area contributed by atoms with Crippen LogP contribution in [0.1, 0.15) is 11.4 Å². The Hall–Kier alpha value is -3.87. The van der Waals surface area contributed by atoms with Crippen LogP contribution in [-0.4, -0.2) is 24.6 Å². The number of rotatable bonds is 5. The SMILES string of the molecule is OCc1nc2ccccc2n1Cc1ccc(-c2nc3cscc3nc2-c2ccccc2)cc1. The summed E-state index contributed by atoms with van der Waals surface area (Å²) < 4.78 is 2.07. The second kappa shape index (κ2) is 8.24. The van der Waals surface area contributed by atoms with Crippen molar-refractivity contribution in [2.45, 2.75) is 13.2 Å². The molecule has 6 rings (SSSR count). The van der Waals surface area contributed by atoms with E-state index in [9.17, 15) is 5.11 Å². The fourth-order valence-corrected chi connectivity index (χ4v) is 4.84. The summed E-state index contributed by atoms with van der Waals surface area (Å²) in [5.41, 5.74) is 8.71. The molecule has 0 atom stereocenters. The molecule has 3 aromatic heterocycles. The molecular weight excluding hydrogens is 428 g/mol. The van der Waals surface area contributed by atoms with Gasteiger partial charge in [0.15, 0.2) is 0 Å². The van der Waals surface area contributed by atoms with Gasteiger partial charge in [-0.1, -0.05) is 66.7 Å². The highest BCUT2D eigenvalue weighted by atomic mass is 32.1. The van der Waals surface area contributed by atoms with Crippen molar-refractivity contribution in [3.05, 3.63) is 101 Å². The summed E-state index contributed by atoms with van der Waals surface area (Å²) in [6.45, 7) is 0.543. The molecule has 5 nitrogen and oxygen atoms in total. The summed E-state index contributed by atoms with van der Waals surface area (Å²) in [4.78, 5) is 14.4. The molecule has 0 fully saturated rings. The van der Waals surface area contributed by atoms with Crippen LogP contribution in [0.4, 0.5) is 0 Å². The maximum Gasteiger partial charge on any atom is 0.136 e. The quantitative estimate of drug-likeness (QED) is 0.356. The van der Waals surface area contributed by atoms with Gasteiger partial charge >= 0.3 is 0 Å². The Bertz CT molecular complexity index is 1570. The van der Waals surface area contributed by atoms with Crippen LogP contribution in [0.2, 0.25) is 0 Å². The Kier molecular flexibility index (Phi) is 4.94. The van der Waals surface area contributed by atoms with Crippen LogP contribution in [0, 0.1) is 0 Å². The maximum absolute atomic E-state index is 9.80. The van der Waals surface area contributed by atoms with Crippen molar-refractivity contribution in [2.24, 2.45) is 0 Å². The van der Waals surface area contributed by atoms with E-state index >= 15 is 0 Å². The highest BCUT2D eigenvalue weighted by Crippen LogP contribution is 2.32. The van der Waals surface area contributed by atoms with Crippen LogP contribution in [0.5, 0.6) is 0 Å². The molecule has 0 spiro atoms. The van der Waals surface area contributed by atoms with Crippen molar-refractivity contribution in [2.75, 3.05) is 0 Å². The summed E-state index contributed by atoms with van der Waals surface area (Å²) in [6.07, 6.45) is 0. The van der Waals surface area contributed by atoms with Gasteiger partial charge in [-0.15, -0.1) is 11.3 Å². The predicted molar refractivity (Wildman–Crippen MR) is 133 cm³/mol. The number of imidazole rings is 1. The van der Waals surface area contributed by atoms with E-state index in [2.05, 4.69) is 45.9 Å². The van der Waals surface area contributed by atoms with Crippen molar-refractivity contribution in [3.63, 3.8) is 0 Å². The Labute approximate surface area is 194 Å². The molecule has 160 valence electrons. The monoisotopic (exact) mass is 448 g/mol. The molecule has 1 N–H and O–H groups in total. The Balaban J connectivity index is 1.40. The zero-order valence-electron chi connectivity index (χ0n) is 17.7. The van der Waals surface area contributed by atoms with Gasteiger partial charge < -0.3 is 9.67 Å². The molecule has 0 saturated carbocycles. The van der Waals surface area contributed by atoms with Crippen LogP contribution >= 0.6 is 11.3 Å². The van der Waals surface area contributed by atoms with E-state index in [4.69, 9.17) is 9.97 Å². The summed E-state index contributed by atoms with van der Waals surface area (Å²) in [5, 5.41) is 13.9. The summed E-state index contributed by atoms with van der Waals surface area (Å²) in [7, 11) is 0. The number of para-hydroxylation sites is 2. The van der Waals surface area contributed by atoms with Crippen LogP contribution in [0.15, 0.2) is 89.6 Å². The van der Waals surface area contributed by atoms with Gasteiger partial charge in [-0.3, -0.25) is 0 Å². The molecule has 3 aromatic carbocycles. The van der Waals surface area contributed by atoms with Crippen molar-refractivity contribution in [1.29, 1.82) is 0 Å². The van der Waals surface area contributed by atoms with E-state index in [1.165, 1.54) is 0 Å². The first kappa shape index (κ1) is 19.8. The first-order valence-corrected chi connectivity index (χ1v) is 11.7. The molecule has 0 aliphatic heterocycles. The van der Waals surface area contributed by atoms with Crippen LogP contribution in [0.25, 0.3) is 44.6 Å². The van der Waals surface area contributed by atoms with E-state index in [1.807, 2.05) is 53.2 Å². The van der Waals surface area contributed by atoms with Gasteiger partial charge in [-0.25, -0.2) is 15.0 Å². The van der Waals surface area contributed by atoms with Crippen LogP contribution < -0.4 is 0 Å². The predicted octanol–water partition coefficient (Wildman–Crippen LogP) is 5.92. The molecule has 0 amide bonds. The number of aromatic nitrogens is 4. The van der Waals surface area contributed by atoms with E-state index < -0.39 is 0 Å². The lowest BCUT2D eigenvalue weighted by Crippen LogP contribution is -2.05. The first-order chi connectivity index (χ1) is 16.3. The molecule has 6 heteroatoms. The fourth-order valence-electron chi connectivity index (χ4n) is 4.17. The highest BCUT2D eigenvalue weighted by molar-refractivity contribution is 7.09. The number of thiophene rings is 1. The Morgan fingerprint density at radius 2 is 1.30 bits per heavy atom. The molecule has 3 heterocycles. The number of nitrogens with zero attached hydrogens (tertiary/aromatic N) is 4.